The number of H-pyrrole nitrogens is 1. The van der Waals surface area contributed by atoms with Crippen molar-refractivity contribution >= 4 is 11.6 Å². The molecule has 0 spiro atoms. The second-order valence-corrected chi connectivity index (χ2v) is 6.83. The Morgan fingerprint density at radius 2 is 2.07 bits per heavy atom. The van der Waals surface area contributed by atoms with Crippen LogP contribution in [0, 0.1) is 13.8 Å². The molecule has 0 atom stereocenters. The summed E-state index contributed by atoms with van der Waals surface area (Å²) in [6.45, 7) is 4.17. The lowest BCUT2D eigenvalue weighted by molar-refractivity contribution is -0.130. The molecule has 0 saturated carbocycles. The van der Waals surface area contributed by atoms with Gasteiger partial charge in [0.1, 0.15) is 0 Å². The predicted octanol–water partition coefficient (Wildman–Crippen LogP) is 1.94. The fourth-order valence-corrected chi connectivity index (χ4v) is 3.34. The van der Waals surface area contributed by atoms with Gasteiger partial charge in [-0.05, 0) is 43.5 Å². The first kappa shape index (κ1) is 19.5. The molecule has 0 saturated heterocycles. The van der Waals surface area contributed by atoms with Crippen LogP contribution < -0.4 is 10.3 Å². The number of nitrogens with one attached hydrogen (secondary N) is 1. The normalized spacial score (nSPS) is 11.0. The average molecular weight is 384 g/mol. The van der Waals surface area contributed by atoms with Crippen LogP contribution in [0.1, 0.15) is 28.9 Å². The van der Waals surface area contributed by atoms with E-state index in [-0.39, 0.29) is 17.2 Å². The Morgan fingerprint density at radius 3 is 2.75 bits per heavy atom. The molecule has 0 bridgehead atoms. The predicted molar refractivity (Wildman–Crippen MR) is 105 cm³/mol. The smallest absolute Gasteiger partial charge is 0.266 e. The van der Waals surface area contributed by atoms with Crippen molar-refractivity contribution in [2.45, 2.75) is 33.2 Å². The van der Waals surface area contributed by atoms with Crippen molar-refractivity contribution in [2.75, 3.05) is 14.2 Å². The standard InChI is InChI=1S/C20H24N4O4/c1-12-15(13(2)24-18(21-12)10-19(26)22-24)6-8-20(27)23(3)11-14-5-7-17(28-4)16(25)9-14/h5,7,9-10,25H,6,8,11H2,1-4H3,(H,22,26). The lowest BCUT2D eigenvalue weighted by atomic mass is 10.1. The molecule has 148 valence electrons. The van der Waals surface area contributed by atoms with Crippen molar-refractivity contribution in [3.05, 3.63) is 57.1 Å². The first-order valence-corrected chi connectivity index (χ1v) is 8.98. The molecule has 0 unspecified atom stereocenters. The third-order valence-corrected chi connectivity index (χ3v) is 4.88. The number of aromatic nitrogens is 3. The third-order valence-electron chi connectivity index (χ3n) is 4.88. The van der Waals surface area contributed by atoms with Crippen LogP contribution in [0.15, 0.2) is 29.1 Å². The summed E-state index contributed by atoms with van der Waals surface area (Å²) in [4.78, 5) is 30.2. The van der Waals surface area contributed by atoms with Crippen LogP contribution >= 0.6 is 0 Å². The first-order valence-electron chi connectivity index (χ1n) is 8.98. The number of amides is 1. The summed E-state index contributed by atoms with van der Waals surface area (Å²) >= 11 is 0. The molecular formula is C20H24N4O4. The summed E-state index contributed by atoms with van der Waals surface area (Å²) in [6, 6.07) is 6.54. The zero-order chi connectivity index (χ0) is 20.4. The third kappa shape index (κ3) is 3.85. The number of aryl methyl sites for hydroxylation is 2. The number of aromatic hydroxyl groups is 1. The topological polar surface area (TPSA) is 99.9 Å². The maximum Gasteiger partial charge on any atom is 0.266 e. The van der Waals surface area contributed by atoms with Crippen molar-refractivity contribution in [1.82, 2.24) is 19.5 Å². The van der Waals surface area contributed by atoms with E-state index in [0.717, 1.165) is 22.5 Å². The Balaban J connectivity index is 1.69. The quantitative estimate of drug-likeness (QED) is 0.677. The molecular weight excluding hydrogens is 360 g/mol. The number of phenols is 1. The molecule has 2 heterocycles. The number of hydrogen-bond donors (Lipinski definition) is 2. The van der Waals surface area contributed by atoms with Gasteiger partial charge in [0.05, 0.1) is 7.11 Å². The minimum absolute atomic E-state index is 0.0183. The Labute approximate surface area is 162 Å². The maximum atomic E-state index is 12.6. The van der Waals surface area contributed by atoms with Gasteiger partial charge in [0.25, 0.3) is 5.56 Å². The van der Waals surface area contributed by atoms with Crippen LogP contribution in [-0.2, 0) is 17.8 Å². The lowest BCUT2D eigenvalue weighted by Gasteiger charge is -2.18. The molecule has 2 N–H and O–H groups in total. The zero-order valence-corrected chi connectivity index (χ0v) is 16.4. The van der Waals surface area contributed by atoms with Gasteiger partial charge in [-0.25, -0.2) is 9.50 Å². The SMILES string of the molecule is COc1ccc(CN(C)C(=O)CCc2c(C)nc3cc(=O)[nH]n3c2C)cc1O. The van der Waals surface area contributed by atoms with E-state index >= 15 is 0 Å². The number of carbonyl (C=O) groups is 1. The number of phenolic OH excluding ortho intramolecular Hbond substituents is 1. The van der Waals surface area contributed by atoms with Crippen molar-refractivity contribution in [2.24, 2.45) is 0 Å². The summed E-state index contributed by atoms with van der Waals surface area (Å²) in [6.07, 6.45) is 0.844. The zero-order valence-electron chi connectivity index (χ0n) is 16.4. The molecule has 0 fully saturated rings. The summed E-state index contributed by atoms with van der Waals surface area (Å²) in [5.74, 6) is 0.428. The molecule has 1 aromatic carbocycles. The monoisotopic (exact) mass is 384 g/mol. The van der Waals surface area contributed by atoms with Gasteiger partial charge in [0.15, 0.2) is 17.1 Å². The van der Waals surface area contributed by atoms with Gasteiger partial charge in [-0.15, -0.1) is 0 Å². The molecule has 2 aromatic heterocycles. The van der Waals surface area contributed by atoms with Gasteiger partial charge in [-0.3, -0.25) is 14.7 Å². The van der Waals surface area contributed by atoms with Crippen molar-refractivity contribution < 1.29 is 14.6 Å². The van der Waals surface area contributed by atoms with Crippen LogP contribution in [-0.4, -0.2) is 44.7 Å². The van der Waals surface area contributed by atoms with Crippen molar-refractivity contribution in [1.29, 1.82) is 0 Å². The van der Waals surface area contributed by atoms with E-state index in [0.29, 0.717) is 30.8 Å². The number of nitrogens with zero attached hydrogens (tertiary/aromatic N) is 3. The van der Waals surface area contributed by atoms with Gasteiger partial charge in [-0.2, -0.15) is 0 Å². The minimum atomic E-state index is -0.203. The van der Waals surface area contributed by atoms with E-state index in [1.807, 2.05) is 19.9 Å². The van der Waals surface area contributed by atoms with Crippen LogP contribution in [0.25, 0.3) is 5.65 Å². The molecule has 0 aliphatic heterocycles. The Kier molecular flexibility index (Phi) is 5.39. The largest absolute Gasteiger partial charge is 0.504 e. The summed E-state index contributed by atoms with van der Waals surface area (Å²) in [5, 5.41) is 12.6. The number of benzene rings is 1. The van der Waals surface area contributed by atoms with Gasteiger partial charge < -0.3 is 14.7 Å². The van der Waals surface area contributed by atoms with Crippen LogP contribution in [0.5, 0.6) is 11.5 Å². The van der Waals surface area contributed by atoms with E-state index < -0.39 is 0 Å². The Bertz CT molecular complexity index is 1080. The molecule has 8 heteroatoms. The second kappa shape index (κ2) is 7.75. The minimum Gasteiger partial charge on any atom is -0.504 e. The number of fused-ring (bicyclic) bond motifs is 1. The van der Waals surface area contributed by atoms with Crippen LogP contribution in [0.4, 0.5) is 0 Å². The van der Waals surface area contributed by atoms with E-state index in [4.69, 9.17) is 4.74 Å². The number of carbonyl (C=O) groups excluding carboxylic acids is 1. The molecule has 0 radical (unpaired) electrons. The fourth-order valence-electron chi connectivity index (χ4n) is 3.34. The number of rotatable bonds is 6. The van der Waals surface area contributed by atoms with Gasteiger partial charge in [0.2, 0.25) is 5.91 Å². The number of ether oxygens (including phenoxy) is 1. The van der Waals surface area contributed by atoms with Crippen molar-refractivity contribution in [3.63, 3.8) is 0 Å². The summed E-state index contributed by atoms with van der Waals surface area (Å²) in [7, 11) is 3.22. The van der Waals surface area contributed by atoms with Crippen LogP contribution in [0.3, 0.4) is 0 Å². The Hall–Kier alpha value is -3.29. The molecule has 8 nitrogen and oxygen atoms in total. The molecule has 28 heavy (non-hydrogen) atoms. The van der Waals surface area contributed by atoms with E-state index in [2.05, 4.69) is 10.1 Å². The fraction of sp³-hybridized carbons (Fsp3) is 0.350. The Morgan fingerprint density at radius 1 is 1.32 bits per heavy atom. The lowest BCUT2D eigenvalue weighted by Crippen LogP contribution is -2.26. The molecule has 3 rings (SSSR count). The van der Waals surface area contributed by atoms with Gasteiger partial charge in [-0.1, -0.05) is 6.07 Å². The summed E-state index contributed by atoms with van der Waals surface area (Å²) < 4.78 is 6.69. The number of aromatic amines is 1. The van der Waals surface area contributed by atoms with E-state index in [1.54, 1.807) is 28.6 Å². The first-order chi connectivity index (χ1) is 13.3. The molecule has 0 aliphatic rings. The average Bonchev–Trinajstić information content (AvgIpc) is 3.01. The summed E-state index contributed by atoms with van der Waals surface area (Å²) in [5.41, 5.74) is 3.82. The highest BCUT2D eigenvalue weighted by Crippen LogP contribution is 2.26. The molecule has 1 amide bonds. The number of hydrogen-bond acceptors (Lipinski definition) is 5. The van der Waals surface area contributed by atoms with Gasteiger partial charge >= 0.3 is 0 Å². The highest BCUT2D eigenvalue weighted by Gasteiger charge is 2.15. The van der Waals surface area contributed by atoms with Crippen molar-refractivity contribution in [3.8, 4) is 11.5 Å². The molecule has 0 aliphatic carbocycles. The van der Waals surface area contributed by atoms with E-state index in [1.165, 1.54) is 13.2 Å². The highest BCUT2D eigenvalue weighted by molar-refractivity contribution is 5.76. The highest BCUT2D eigenvalue weighted by atomic mass is 16.5. The molecule has 3 aromatic rings. The second-order valence-electron chi connectivity index (χ2n) is 6.83. The van der Waals surface area contributed by atoms with Crippen LogP contribution in [0.2, 0.25) is 0 Å². The maximum absolute atomic E-state index is 12.6. The van der Waals surface area contributed by atoms with E-state index in [9.17, 15) is 14.7 Å². The van der Waals surface area contributed by atoms with Gasteiger partial charge in [0, 0.05) is 37.5 Å². The number of methoxy groups -OCH3 is 1.